The molecular formula is C23H36N2O4. The van der Waals surface area contributed by atoms with Gasteiger partial charge in [-0.1, -0.05) is 19.0 Å². The summed E-state index contributed by atoms with van der Waals surface area (Å²) in [5, 5.41) is 37.3. The second-order valence-corrected chi connectivity index (χ2v) is 10.3. The van der Waals surface area contributed by atoms with Gasteiger partial charge in [0.05, 0.1) is 23.5 Å². The Hall–Kier alpha value is -1.24. The summed E-state index contributed by atoms with van der Waals surface area (Å²) >= 11 is 0. The number of aliphatic hydroxyl groups excluding tert-OH is 2. The molecule has 162 valence electrons. The molecule has 4 aliphatic rings. The van der Waals surface area contributed by atoms with E-state index in [1.807, 2.05) is 7.05 Å². The molecule has 0 radical (unpaired) electrons. The van der Waals surface area contributed by atoms with Gasteiger partial charge >= 0.3 is 0 Å². The molecule has 3 saturated carbocycles. The first-order valence-electron chi connectivity index (χ1n) is 11.0. The topological polar surface area (TPSA) is 94.6 Å². The summed E-state index contributed by atoms with van der Waals surface area (Å²) in [7, 11) is 3.38. The van der Waals surface area contributed by atoms with Crippen molar-refractivity contribution in [2.24, 2.45) is 38.7 Å². The first kappa shape index (κ1) is 21.0. The van der Waals surface area contributed by atoms with Crippen LogP contribution in [0.15, 0.2) is 21.8 Å². The number of rotatable bonds is 2. The summed E-state index contributed by atoms with van der Waals surface area (Å²) < 4.78 is 0. The first-order valence-corrected chi connectivity index (χ1v) is 11.0. The minimum absolute atomic E-state index is 0.0127. The number of aliphatic hydroxyl groups is 3. The van der Waals surface area contributed by atoms with Gasteiger partial charge in [-0.05, 0) is 68.4 Å². The van der Waals surface area contributed by atoms with E-state index in [1.54, 1.807) is 0 Å². The third kappa shape index (κ3) is 2.71. The first-order chi connectivity index (χ1) is 13.6. The van der Waals surface area contributed by atoms with Crippen molar-refractivity contribution in [1.29, 1.82) is 0 Å². The molecule has 3 N–H and O–H groups in total. The van der Waals surface area contributed by atoms with Crippen molar-refractivity contribution in [3.63, 3.8) is 0 Å². The molecule has 8 unspecified atom stereocenters. The van der Waals surface area contributed by atoms with Crippen LogP contribution in [0.4, 0.5) is 0 Å². The quantitative estimate of drug-likeness (QED) is 0.487. The van der Waals surface area contributed by atoms with Crippen LogP contribution in [0.2, 0.25) is 0 Å². The lowest BCUT2D eigenvalue weighted by Gasteiger charge is -2.60. The molecule has 0 aromatic carbocycles. The highest BCUT2D eigenvalue weighted by Crippen LogP contribution is 2.67. The number of oxime groups is 1. The molecule has 0 heterocycles. The Morgan fingerprint density at radius 1 is 1.14 bits per heavy atom. The van der Waals surface area contributed by atoms with Crippen LogP contribution in [0, 0.1) is 28.6 Å². The Balaban J connectivity index is 1.84. The maximum absolute atomic E-state index is 12.2. The van der Waals surface area contributed by atoms with E-state index in [1.165, 1.54) is 7.11 Å². The normalized spacial score (nSPS) is 51.2. The van der Waals surface area contributed by atoms with Crippen LogP contribution >= 0.6 is 0 Å². The minimum Gasteiger partial charge on any atom is -0.399 e. The van der Waals surface area contributed by atoms with Gasteiger partial charge in [-0.15, -0.1) is 0 Å². The molecule has 0 saturated heterocycles. The smallest absolute Gasteiger partial charge is 0.106 e. The number of fused-ring (bicyclic) bond motifs is 5. The van der Waals surface area contributed by atoms with Gasteiger partial charge in [-0.2, -0.15) is 0 Å². The highest BCUT2D eigenvalue weighted by molar-refractivity contribution is 5.99. The summed E-state index contributed by atoms with van der Waals surface area (Å²) in [5.41, 5.74) is 1.53. The van der Waals surface area contributed by atoms with E-state index in [0.29, 0.717) is 12.8 Å². The SMILES string of the molecule is CN=C(C)C1CCC2(O)C3=CC(=NOC)C4CC(O)C(O)CC4(C)C3CCC12C. The highest BCUT2D eigenvalue weighted by Gasteiger charge is 2.66. The summed E-state index contributed by atoms with van der Waals surface area (Å²) in [6, 6.07) is 0. The average molecular weight is 405 g/mol. The molecule has 4 rings (SSSR count). The van der Waals surface area contributed by atoms with E-state index in [9.17, 15) is 15.3 Å². The Labute approximate surface area is 173 Å². The summed E-state index contributed by atoms with van der Waals surface area (Å²) in [4.78, 5) is 9.63. The fourth-order valence-corrected chi connectivity index (χ4v) is 7.42. The van der Waals surface area contributed by atoms with Gasteiger partial charge in [0.25, 0.3) is 0 Å². The van der Waals surface area contributed by atoms with Gasteiger partial charge in [0.2, 0.25) is 0 Å². The molecule has 0 aromatic heterocycles. The van der Waals surface area contributed by atoms with Gasteiger partial charge in [0.15, 0.2) is 0 Å². The third-order valence-corrected chi connectivity index (χ3v) is 9.19. The second-order valence-electron chi connectivity index (χ2n) is 10.3. The van der Waals surface area contributed by atoms with E-state index in [-0.39, 0.29) is 28.6 Å². The summed E-state index contributed by atoms with van der Waals surface area (Å²) in [6.07, 6.45) is 5.09. The maximum atomic E-state index is 12.2. The van der Waals surface area contributed by atoms with Gasteiger partial charge in [0, 0.05) is 30.0 Å². The van der Waals surface area contributed by atoms with E-state index < -0.39 is 17.8 Å². The number of hydrogen-bond acceptors (Lipinski definition) is 6. The Morgan fingerprint density at radius 2 is 1.86 bits per heavy atom. The zero-order valence-corrected chi connectivity index (χ0v) is 18.4. The van der Waals surface area contributed by atoms with Crippen LogP contribution in [-0.2, 0) is 4.84 Å². The highest BCUT2D eigenvalue weighted by atomic mass is 16.6. The van der Waals surface area contributed by atoms with E-state index >= 15 is 0 Å². The number of allylic oxidation sites excluding steroid dienone is 1. The van der Waals surface area contributed by atoms with E-state index in [0.717, 1.165) is 42.7 Å². The van der Waals surface area contributed by atoms with E-state index in [4.69, 9.17) is 4.84 Å². The van der Waals surface area contributed by atoms with Crippen LogP contribution in [0.3, 0.4) is 0 Å². The molecule has 0 amide bonds. The number of aliphatic imine (C=N–C) groups is 1. The van der Waals surface area contributed by atoms with Crippen molar-refractivity contribution in [1.82, 2.24) is 0 Å². The molecule has 0 aromatic rings. The largest absolute Gasteiger partial charge is 0.399 e. The fraction of sp³-hybridized carbons (Fsp3) is 0.826. The Morgan fingerprint density at radius 3 is 2.52 bits per heavy atom. The van der Waals surface area contributed by atoms with Crippen molar-refractivity contribution in [2.75, 3.05) is 14.2 Å². The maximum Gasteiger partial charge on any atom is 0.106 e. The van der Waals surface area contributed by atoms with Gasteiger partial charge in [-0.3, -0.25) is 4.99 Å². The average Bonchev–Trinajstić information content (AvgIpc) is 2.95. The molecule has 3 fully saturated rings. The Kier molecular flexibility index (Phi) is 4.99. The van der Waals surface area contributed by atoms with E-state index in [2.05, 4.69) is 37.0 Å². The van der Waals surface area contributed by atoms with Crippen molar-refractivity contribution in [3.05, 3.63) is 11.6 Å². The second kappa shape index (κ2) is 6.89. The molecular weight excluding hydrogens is 368 g/mol. The molecule has 0 spiro atoms. The molecule has 0 aliphatic heterocycles. The monoisotopic (exact) mass is 404 g/mol. The number of nitrogens with zero attached hydrogens (tertiary/aromatic N) is 2. The van der Waals surface area contributed by atoms with Crippen LogP contribution in [0.5, 0.6) is 0 Å². The third-order valence-electron chi connectivity index (χ3n) is 9.19. The summed E-state index contributed by atoms with van der Waals surface area (Å²) in [6.45, 7) is 6.50. The fourth-order valence-electron chi connectivity index (χ4n) is 7.42. The van der Waals surface area contributed by atoms with Crippen LogP contribution in [0.1, 0.15) is 59.3 Å². The zero-order chi connectivity index (χ0) is 21.2. The van der Waals surface area contributed by atoms with Gasteiger partial charge in [0.1, 0.15) is 7.11 Å². The predicted octanol–water partition coefficient (Wildman–Crippen LogP) is 2.72. The van der Waals surface area contributed by atoms with Crippen LogP contribution < -0.4 is 0 Å². The molecule has 29 heavy (non-hydrogen) atoms. The van der Waals surface area contributed by atoms with Crippen molar-refractivity contribution in [3.8, 4) is 0 Å². The lowest BCUT2D eigenvalue weighted by molar-refractivity contribution is -0.115. The van der Waals surface area contributed by atoms with Gasteiger partial charge < -0.3 is 20.2 Å². The van der Waals surface area contributed by atoms with Gasteiger partial charge in [-0.25, -0.2) is 0 Å². The molecule has 8 atom stereocenters. The Bertz CT molecular complexity index is 777. The zero-order valence-electron chi connectivity index (χ0n) is 18.4. The molecule has 0 bridgehead atoms. The van der Waals surface area contributed by atoms with Crippen molar-refractivity contribution < 1.29 is 20.2 Å². The molecule has 4 aliphatic carbocycles. The van der Waals surface area contributed by atoms with Crippen molar-refractivity contribution in [2.45, 2.75) is 77.1 Å². The molecule has 6 nitrogen and oxygen atoms in total. The predicted molar refractivity (Wildman–Crippen MR) is 113 cm³/mol. The minimum atomic E-state index is -0.907. The van der Waals surface area contributed by atoms with Crippen LogP contribution in [-0.4, -0.2) is 58.7 Å². The molecule has 6 heteroatoms. The van der Waals surface area contributed by atoms with Crippen molar-refractivity contribution >= 4 is 11.4 Å². The lowest BCUT2D eigenvalue weighted by atomic mass is 9.46. The standard InChI is InChI=1S/C23H36N2O4/c1-13(24-4)14-7-9-23(28)16-10-18(25-29-5)17-11-19(26)20(27)12-21(17,2)15(16)6-8-22(14,23)3/h10,14-15,17,19-20,26-28H,6-9,11-12H2,1-5H3. The number of hydrogen-bond donors (Lipinski definition) is 3. The summed E-state index contributed by atoms with van der Waals surface area (Å²) in [5.74, 6) is 0.450. The van der Waals surface area contributed by atoms with Crippen LogP contribution in [0.25, 0.3) is 0 Å². The lowest BCUT2D eigenvalue weighted by Crippen LogP contribution is -2.61.